The number of aromatic nitrogens is 5. The van der Waals surface area contributed by atoms with E-state index in [9.17, 15) is 9.18 Å². The number of hydrogen-bond donors (Lipinski definition) is 3. The van der Waals surface area contributed by atoms with Crippen molar-refractivity contribution in [1.29, 1.82) is 0 Å². The van der Waals surface area contributed by atoms with Crippen LogP contribution in [0.2, 0.25) is 0 Å². The lowest BCUT2D eigenvalue weighted by Crippen LogP contribution is -1.97. The third kappa shape index (κ3) is 3.30. The van der Waals surface area contributed by atoms with Gasteiger partial charge in [0, 0.05) is 45.7 Å². The number of rotatable bonds is 5. The average Bonchev–Trinajstić information content (AvgIpc) is 3.43. The van der Waals surface area contributed by atoms with Crippen LogP contribution in [0.4, 0.5) is 15.9 Å². The summed E-state index contributed by atoms with van der Waals surface area (Å²) in [6.07, 6.45) is 5.62. The van der Waals surface area contributed by atoms with E-state index < -0.39 is 0 Å². The first-order valence-electron chi connectivity index (χ1n) is 9.17. The minimum atomic E-state index is -0.362. The second kappa shape index (κ2) is 7.25. The maximum atomic E-state index is 14.5. The molecule has 0 bridgehead atoms. The summed E-state index contributed by atoms with van der Waals surface area (Å²) in [5, 5.41) is 10.6. The molecule has 0 amide bonds. The molecule has 2 aromatic carbocycles. The van der Waals surface area contributed by atoms with Crippen LogP contribution in [0.25, 0.3) is 33.4 Å². The number of benzene rings is 2. The van der Waals surface area contributed by atoms with Gasteiger partial charge in [0.05, 0.1) is 11.9 Å². The quantitative estimate of drug-likeness (QED) is 0.372. The van der Waals surface area contributed by atoms with Gasteiger partial charge in [-0.1, -0.05) is 12.1 Å². The van der Waals surface area contributed by atoms with Gasteiger partial charge < -0.3 is 10.3 Å². The van der Waals surface area contributed by atoms with Crippen LogP contribution >= 0.6 is 0 Å². The molecule has 7 nitrogen and oxygen atoms in total. The Bertz CT molecular complexity index is 1360. The Morgan fingerprint density at radius 3 is 2.77 bits per heavy atom. The Kier molecular flexibility index (Phi) is 4.29. The van der Waals surface area contributed by atoms with Crippen LogP contribution in [0.5, 0.6) is 0 Å². The molecule has 3 N–H and O–H groups in total. The Morgan fingerprint density at radius 1 is 1.03 bits per heavy atom. The smallest absolute Gasteiger partial charge is 0.166 e. The molecule has 8 heteroatoms. The number of carbonyl (C=O) groups excluding carboxylic acids is 1. The zero-order valence-corrected chi connectivity index (χ0v) is 15.6. The highest BCUT2D eigenvalue weighted by molar-refractivity contribution is 5.90. The van der Waals surface area contributed by atoms with Gasteiger partial charge in [0.1, 0.15) is 11.6 Å². The fourth-order valence-corrected chi connectivity index (χ4v) is 3.29. The van der Waals surface area contributed by atoms with Crippen molar-refractivity contribution in [2.45, 2.75) is 0 Å². The zero-order chi connectivity index (χ0) is 20.5. The van der Waals surface area contributed by atoms with Crippen molar-refractivity contribution in [1.82, 2.24) is 25.1 Å². The summed E-state index contributed by atoms with van der Waals surface area (Å²) >= 11 is 0. The molecule has 0 radical (unpaired) electrons. The normalized spacial score (nSPS) is 11.0. The fraction of sp³-hybridized carbons (Fsp3) is 0. The number of aldehydes is 1. The van der Waals surface area contributed by atoms with E-state index in [4.69, 9.17) is 0 Å². The molecule has 0 saturated carbocycles. The molecule has 146 valence electrons. The number of aromatic amines is 2. The van der Waals surface area contributed by atoms with Crippen molar-refractivity contribution >= 4 is 28.7 Å². The van der Waals surface area contributed by atoms with E-state index in [0.717, 1.165) is 22.8 Å². The predicted molar refractivity (Wildman–Crippen MR) is 112 cm³/mol. The van der Waals surface area contributed by atoms with E-state index in [-0.39, 0.29) is 5.82 Å². The van der Waals surface area contributed by atoms with Gasteiger partial charge in [-0.3, -0.25) is 9.89 Å². The molecule has 0 fully saturated rings. The number of carbonyl (C=O) groups is 1. The topological polar surface area (TPSA) is 99.3 Å². The van der Waals surface area contributed by atoms with E-state index in [1.807, 2.05) is 18.2 Å². The predicted octanol–water partition coefficient (Wildman–Crippen LogP) is 4.71. The van der Waals surface area contributed by atoms with Crippen molar-refractivity contribution in [2.24, 2.45) is 0 Å². The molecule has 0 aliphatic rings. The Balaban J connectivity index is 1.42. The SMILES string of the molecule is O=Cc1cc2ccc(-c3nccc(Nc4ccc(-c5cn[nH]c5)c(F)c4)n3)cc2[nH]1. The van der Waals surface area contributed by atoms with Crippen LogP contribution in [0.1, 0.15) is 10.5 Å². The molecule has 3 aromatic heterocycles. The lowest BCUT2D eigenvalue weighted by Gasteiger charge is -2.09. The first-order chi connectivity index (χ1) is 14.7. The van der Waals surface area contributed by atoms with Crippen LogP contribution in [-0.2, 0) is 0 Å². The van der Waals surface area contributed by atoms with Gasteiger partial charge in [0.2, 0.25) is 0 Å². The van der Waals surface area contributed by atoms with Crippen molar-refractivity contribution in [3.8, 4) is 22.5 Å². The number of fused-ring (bicyclic) bond motifs is 1. The van der Waals surface area contributed by atoms with Gasteiger partial charge in [-0.2, -0.15) is 5.10 Å². The zero-order valence-electron chi connectivity index (χ0n) is 15.6. The highest BCUT2D eigenvalue weighted by atomic mass is 19.1. The van der Waals surface area contributed by atoms with Gasteiger partial charge in [-0.15, -0.1) is 0 Å². The summed E-state index contributed by atoms with van der Waals surface area (Å²) in [5.74, 6) is 0.689. The van der Waals surface area contributed by atoms with E-state index in [2.05, 4.69) is 30.5 Å². The minimum Gasteiger partial charge on any atom is -0.352 e. The molecule has 5 aromatic rings. The Morgan fingerprint density at radius 2 is 1.97 bits per heavy atom. The fourth-order valence-electron chi connectivity index (χ4n) is 3.29. The first-order valence-corrected chi connectivity index (χ1v) is 9.17. The number of hydrogen-bond acceptors (Lipinski definition) is 5. The van der Waals surface area contributed by atoms with Gasteiger partial charge in [0.25, 0.3) is 0 Å². The number of anilines is 2. The Labute approximate surface area is 170 Å². The Hall–Kier alpha value is -4.33. The van der Waals surface area contributed by atoms with Gasteiger partial charge >= 0.3 is 0 Å². The van der Waals surface area contributed by atoms with Crippen LogP contribution in [0, 0.1) is 5.82 Å². The third-order valence-corrected chi connectivity index (χ3v) is 4.73. The highest BCUT2D eigenvalue weighted by Crippen LogP contribution is 2.27. The molecule has 0 saturated heterocycles. The molecular formula is C22H15FN6O. The summed E-state index contributed by atoms with van der Waals surface area (Å²) in [5.41, 5.74) is 3.85. The van der Waals surface area contributed by atoms with Crippen LogP contribution < -0.4 is 5.32 Å². The summed E-state index contributed by atoms with van der Waals surface area (Å²) in [4.78, 5) is 22.9. The molecule has 0 aliphatic heterocycles. The standard InChI is InChI=1S/C22H15FN6O/c23-19-9-16(3-4-18(19)15-10-25-26-11-15)28-21-5-6-24-22(29-21)14-2-1-13-7-17(12-30)27-20(13)8-14/h1-12,27H,(H,25,26)(H,24,28,29). The molecule has 30 heavy (non-hydrogen) atoms. The second-order valence-electron chi connectivity index (χ2n) is 6.72. The largest absolute Gasteiger partial charge is 0.352 e. The summed E-state index contributed by atoms with van der Waals surface area (Å²) in [6.45, 7) is 0. The molecule has 0 spiro atoms. The lowest BCUT2D eigenvalue weighted by molar-refractivity contribution is 0.112. The summed E-state index contributed by atoms with van der Waals surface area (Å²) in [7, 11) is 0. The number of halogens is 1. The number of nitrogens with one attached hydrogen (secondary N) is 3. The van der Waals surface area contributed by atoms with E-state index >= 15 is 0 Å². The van der Waals surface area contributed by atoms with Crippen LogP contribution in [-0.4, -0.2) is 31.4 Å². The highest BCUT2D eigenvalue weighted by Gasteiger charge is 2.09. The van der Waals surface area contributed by atoms with Crippen molar-refractivity contribution in [2.75, 3.05) is 5.32 Å². The molecule has 3 heterocycles. The monoisotopic (exact) mass is 398 g/mol. The molecular weight excluding hydrogens is 383 g/mol. The van der Waals surface area contributed by atoms with Gasteiger partial charge in [-0.05, 0) is 36.4 Å². The molecule has 5 rings (SSSR count). The van der Waals surface area contributed by atoms with Gasteiger partial charge in [0.15, 0.2) is 12.1 Å². The summed E-state index contributed by atoms with van der Waals surface area (Å²) in [6, 6.07) is 14.1. The summed E-state index contributed by atoms with van der Waals surface area (Å²) < 4.78 is 14.5. The average molecular weight is 398 g/mol. The van der Waals surface area contributed by atoms with E-state index in [0.29, 0.717) is 34.2 Å². The maximum Gasteiger partial charge on any atom is 0.166 e. The van der Waals surface area contributed by atoms with Crippen molar-refractivity contribution in [3.05, 3.63) is 78.6 Å². The lowest BCUT2D eigenvalue weighted by atomic mass is 10.1. The van der Waals surface area contributed by atoms with E-state index in [1.54, 1.807) is 42.9 Å². The van der Waals surface area contributed by atoms with Crippen molar-refractivity contribution in [3.63, 3.8) is 0 Å². The van der Waals surface area contributed by atoms with Crippen LogP contribution in [0.3, 0.4) is 0 Å². The molecule has 0 aliphatic carbocycles. The van der Waals surface area contributed by atoms with Crippen molar-refractivity contribution < 1.29 is 9.18 Å². The number of H-pyrrole nitrogens is 2. The van der Waals surface area contributed by atoms with Gasteiger partial charge in [-0.25, -0.2) is 14.4 Å². The minimum absolute atomic E-state index is 0.362. The van der Waals surface area contributed by atoms with Crippen LogP contribution in [0.15, 0.2) is 67.1 Å². The number of nitrogens with zero attached hydrogens (tertiary/aromatic N) is 3. The third-order valence-electron chi connectivity index (χ3n) is 4.73. The molecule has 0 unspecified atom stereocenters. The molecule has 0 atom stereocenters. The maximum absolute atomic E-state index is 14.5. The first kappa shape index (κ1) is 17.7. The second-order valence-corrected chi connectivity index (χ2v) is 6.72. The van der Waals surface area contributed by atoms with E-state index in [1.165, 1.54) is 6.07 Å².